The van der Waals surface area contributed by atoms with Gasteiger partial charge in [0.05, 0.1) is 96.5 Å². The van der Waals surface area contributed by atoms with E-state index in [2.05, 4.69) is 40.8 Å². The SMILES string of the molecule is COc1cc(-n2cnc(Nc3nc(Cl)nc4sccc34)c2)cc(OC)c1OC.COc1cc(-n2cnc(Nc3nc(N4CCC[C@@H]4CO)nc4sccc34)c2)cc(OC)c1OC.OC[C@H]1CCCN1. The lowest BCUT2D eigenvalue weighted by Gasteiger charge is -2.23. The van der Waals surface area contributed by atoms with Crippen molar-refractivity contribution in [2.75, 3.05) is 84.5 Å². The van der Waals surface area contributed by atoms with Crippen LogP contribution in [-0.4, -0.2) is 130 Å². The predicted molar refractivity (Wildman–Crippen MR) is 268 cm³/mol. The maximum atomic E-state index is 9.75. The van der Waals surface area contributed by atoms with Crippen molar-refractivity contribution in [3.05, 3.63) is 77.5 Å². The molecule has 0 spiro atoms. The van der Waals surface area contributed by atoms with Crippen LogP contribution in [0.3, 0.4) is 0 Å². The number of benzene rings is 2. The van der Waals surface area contributed by atoms with Gasteiger partial charge in [-0.15, -0.1) is 22.7 Å². The van der Waals surface area contributed by atoms with Crippen molar-refractivity contribution in [2.24, 2.45) is 0 Å². The first kappa shape index (κ1) is 48.8. The highest BCUT2D eigenvalue weighted by molar-refractivity contribution is 7.17. The van der Waals surface area contributed by atoms with Crippen LogP contribution in [0.4, 0.5) is 29.2 Å². The molecule has 10 rings (SSSR count). The number of rotatable bonds is 15. The Morgan fingerprint density at radius 2 is 1.19 bits per heavy atom. The summed E-state index contributed by atoms with van der Waals surface area (Å²) in [6, 6.07) is 11.8. The fraction of sp³-hybridized carbons (Fsp3) is 0.348. The fourth-order valence-corrected chi connectivity index (χ4v) is 9.67. The molecule has 0 radical (unpaired) electrons. The second-order valence-corrected chi connectivity index (χ2v) is 17.6. The molecule has 2 aliphatic rings. The number of halogens is 1. The maximum Gasteiger partial charge on any atom is 0.229 e. The smallest absolute Gasteiger partial charge is 0.229 e. The Bertz CT molecular complexity index is 2930. The van der Waals surface area contributed by atoms with Gasteiger partial charge in [-0.1, -0.05) is 0 Å². The number of ether oxygens (including phenoxy) is 6. The van der Waals surface area contributed by atoms with Crippen molar-refractivity contribution in [2.45, 2.75) is 37.8 Å². The van der Waals surface area contributed by atoms with Gasteiger partial charge in [0.2, 0.25) is 22.7 Å². The van der Waals surface area contributed by atoms with Crippen molar-refractivity contribution >= 4 is 83.9 Å². The topological polar surface area (TPSA) is 222 Å². The van der Waals surface area contributed by atoms with E-state index in [1.54, 1.807) is 66.7 Å². The first-order valence-electron chi connectivity index (χ1n) is 21.8. The number of anilines is 5. The minimum Gasteiger partial charge on any atom is -0.493 e. The van der Waals surface area contributed by atoms with Gasteiger partial charge in [-0.2, -0.15) is 9.97 Å². The summed E-state index contributed by atoms with van der Waals surface area (Å²) in [5.74, 6) is 6.44. The average Bonchev–Trinajstić information content (AvgIpc) is 4.24. The second kappa shape index (κ2) is 22.6. The van der Waals surface area contributed by atoms with Crippen LogP contribution in [0.2, 0.25) is 5.28 Å². The average molecular weight is 1000 g/mol. The van der Waals surface area contributed by atoms with Crippen molar-refractivity contribution in [1.29, 1.82) is 0 Å². The lowest BCUT2D eigenvalue weighted by Crippen LogP contribution is -2.33. The number of thiophene rings is 2. The number of aliphatic hydroxyl groups excluding tert-OH is 2. The van der Waals surface area contributed by atoms with Gasteiger partial charge < -0.3 is 68.6 Å². The summed E-state index contributed by atoms with van der Waals surface area (Å²) >= 11 is 9.08. The van der Waals surface area contributed by atoms with E-state index in [0.29, 0.717) is 76.4 Å². The van der Waals surface area contributed by atoms with Crippen LogP contribution in [0.5, 0.6) is 34.5 Å². The molecule has 2 atom stereocenters. The first-order valence-corrected chi connectivity index (χ1v) is 23.9. The number of aromatic nitrogens is 8. The zero-order valence-corrected chi connectivity index (χ0v) is 41.2. The Balaban J connectivity index is 0.000000165. The van der Waals surface area contributed by atoms with Gasteiger partial charge in [0.25, 0.3) is 0 Å². The van der Waals surface area contributed by atoms with Crippen LogP contribution in [0.1, 0.15) is 25.7 Å². The molecule has 0 amide bonds. The van der Waals surface area contributed by atoms with E-state index in [-0.39, 0.29) is 17.9 Å². The molecule has 20 nitrogen and oxygen atoms in total. The predicted octanol–water partition coefficient (Wildman–Crippen LogP) is 7.64. The number of methoxy groups -OCH3 is 6. The van der Waals surface area contributed by atoms with Crippen LogP contribution >= 0.6 is 34.3 Å². The van der Waals surface area contributed by atoms with E-state index < -0.39 is 0 Å². The third-order valence-electron chi connectivity index (χ3n) is 11.4. The van der Waals surface area contributed by atoms with Gasteiger partial charge in [-0.25, -0.2) is 19.9 Å². The summed E-state index contributed by atoms with van der Waals surface area (Å²) in [6.07, 6.45) is 11.4. The number of imidazole rings is 2. The highest BCUT2D eigenvalue weighted by Crippen LogP contribution is 2.41. The summed E-state index contributed by atoms with van der Waals surface area (Å²) in [4.78, 5) is 30.7. The molecular weight excluding hydrogens is 948 g/mol. The molecule has 2 aromatic carbocycles. The standard InChI is InChI=1S/C23H26N6O4S.C18H16ClN5O3S.C5H11NO/c1-31-17-9-15(10-18(32-2)20(17)33-3)28-11-19(24-13-28)25-21-16-6-8-34-22(16)27-23(26-21)29-7-4-5-14(29)12-30;1-25-12-6-10(7-13(26-2)15(12)27-3)24-8-14(20-9-24)21-16-11-4-5-28-17(11)23-18(19)22-16;7-4-5-2-1-3-6-5/h6,8-11,13-14,30H,4-5,7,12H2,1-3H3,(H,25,26,27);4-9H,1-3H3,(H,21,22,23);5-7H,1-4H2/t14-;;5-/m1.1/s1. The monoisotopic (exact) mass is 1000 g/mol. The van der Waals surface area contributed by atoms with Crippen LogP contribution in [0, 0.1) is 0 Å². The molecule has 2 saturated heterocycles. The van der Waals surface area contributed by atoms with Gasteiger partial charge in [-0.05, 0) is 66.7 Å². The summed E-state index contributed by atoms with van der Waals surface area (Å²) in [5, 5.41) is 33.9. The highest BCUT2D eigenvalue weighted by Gasteiger charge is 2.27. The summed E-state index contributed by atoms with van der Waals surface area (Å²) < 4.78 is 36.2. The molecule has 0 bridgehead atoms. The number of fused-ring (bicyclic) bond motifs is 2. The maximum absolute atomic E-state index is 9.75. The molecule has 0 aliphatic carbocycles. The Kier molecular flexibility index (Phi) is 16.0. The van der Waals surface area contributed by atoms with Crippen molar-refractivity contribution in [1.82, 2.24) is 44.4 Å². The molecule has 0 saturated carbocycles. The molecule has 2 aliphatic heterocycles. The van der Waals surface area contributed by atoms with E-state index in [1.807, 2.05) is 68.7 Å². The van der Waals surface area contributed by atoms with Gasteiger partial charge in [0.15, 0.2) is 23.0 Å². The highest BCUT2D eigenvalue weighted by atomic mass is 35.5. The number of hydrogen-bond donors (Lipinski definition) is 5. The second-order valence-electron chi connectivity index (χ2n) is 15.5. The number of nitrogens with one attached hydrogen (secondary N) is 3. The molecule has 23 heteroatoms. The lowest BCUT2D eigenvalue weighted by atomic mass is 10.2. The third kappa shape index (κ3) is 11.0. The van der Waals surface area contributed by atoms with Gasteiger partial charge >= 0.3 is 0 Å². The van der Waals surface area contributed by atoms with Crippen molar-refractivity contribution in [3.8, 4) is 45.9 Å². The molecular formula is C46H53ClN12O8S2. The Hall–Kier alpha value is -6.69. The molecule has 6 aromatic heterocycles. The number of nitrogens with zero attached hydrogens (tertiary/aromatic N) is 9. The molecule has 364 valence electrons. The van der Waals surface area contributed by atoms with Gasteiger partial charge in [-0.3, -0.25) is 0 Å². The molecule has 5 N–H and O–H groups in total. The first-order chi connectivity index (χ1) is 33.7. The Labute approximate surface area is 410 Å². The normalized spacial score (nSPS) is 15.3. The zero-order valence-electron chi connectivity index (χ0n) is 38.8. The van der Waals surface area contributed by atoms with E-state index in [0.717, 1.165) is 64.2 Å². The lowest BCUT2D eigenvalue weighted by molar-refractivity contribution is 0.255. The van der Waals surface area contributed by atoms with E-state index in [9.17, 15) is 5.11 Å². The summed E-state index contributed by atoms with van der Waals surface area (Å²) in [6.45, 7) is 2.32. The molecule has 0 unspecified atom stereocenters. The molecule has 2 fully saturated rings. The minimum absolute atomic E-state index is 0.0458. The number of hydrogen-bond acceptors (Lipinski definition) is 20. The quantitative estimate of drug-likeness (QED) is 0.0623. The van der Waals surface area contributed by atoms with Crippen molar-refractivity contribution < 1.29 is 38.6 Å². The Morgan fingerprint density at radius 1 is 0.667 bits per heavy atom. The van der Waals surface area contributed by atoms with Gasteiger partial charge in [0, 0.05) is 36.9 Å². The van der Waals surface area contributed by atoms with Crippen LogP contribution in [0.15, 0.2) is 72.2 Å². The fourth-order valence-electron chi connectivity index (χ4n) is 7.93. The largest absolute Gasteiger partial charge is 0.493 e. The van der Waals surface area contributed by atoms with Crippen LogP contribution in [0.25, 0.3) is 31.8 Å². The molecule has 8 heterocycles. The van der Waals surface area contributed by atoms with E-state index >= 15 is 0 Å². The van der Waals surface area contributed by atoms with Crippen LogP contribution < -0.4 is 49.3 Å². The zero-order chi connectivity index (χ0) is 48.4. The van der Waals surface area contributed by atoms with Crippen LogP contribution in [-0.2, 0) is 0 Å². The number of aliphatic hydroxyl groups is 2. The van der Waals surface area contributed by atoms with Crippen molar-refractivity contribution in [3.63, 3.8) is 0 Å². The third-order valence-corrected chi connectivity index (χ3v) is 13.2. The minimum atomic E-state index is 0.0458. The molecule has 69 heavy (non-hydrogen) atoms. The molecule has 8 aromatic rings. The summed E-state index contributed by atoms with van der Waals surface area (Å²) in [5.41, 5.74) is 1.61. The van der Waals surface area contributed by atoms with E-state index in [4.69, 9.17) is 55.1 Å². The van der Waals surface area contributed by atoms with E-state index in [1.165, 1.54) is 17.8 Å². The van der Waals surface area contributed by atoms with Gasteiger partial charge in [0.1, 0.15) is 45.6 Å². The Morgan fingerprint density at radius 3 is 1.64 bits per heavy atom. The summed E-state index contributed by atoms with van der Waals surface area (Å²) in [7, 11) is 9.47.